The van der Waals surface area contributed by atoms with Crippen molar-refractivity contribution in [2.75, 3.05) is 25.0 Å². The summed E-state index contributed by atoms with van der Waals surface area (Å²) < 4.78 is 26.7. The fourth-order valence-electron chi connectivity index (χ4n) is 4.01. The van der Waals surface area contributed by atoms with Gasteiger partial charge in [-0.2, -0.15) is 4.31 Å². The summed E-state index contributed by atoms with van der Waals surface area (Å²) in [4.78, 5) is 4.62. The molecule has 1 aliphatic heterocycles. The zero-order valence-electron chi connectivity index (χ0n) is 14.9. The third-order valence-corrected chi connectivity index (χ3v) is 7.34. The number of nitrogens with one attached hydrogen (secondary N) is 1. The van der Waals surface area contributed by atoms with Crippen molar-refractivity contribution in [2.24, 2.45) is 0 Å². The van der Waals surface area contributed by atoms with Gasteiger partial charge in [0.15, 0.2) is 0 Å². The number of rotatable bonds is 5. The fraction of sp³-hybridized carbons (Fsp3) is 0.450. The molecule has 0 bridgehead atoms. The predicted octanol–water partition coefficient (Wildman–Crippen LogP) is 3.40. The predicted molar refractivity (Wildman–Crippen MR) is 103 cm³/mol. The van der Waals surface area contributed by atoms with E-state index >= 15 is 0 Å². The number of aryl methyl sites for hydroxylation is 1. The smallest absolute Gasteiger partial charge is 0.244 e. The molecule has 1 atom stereocenters. The van der Waals surface area contributed by atoms with Crippen molar-refractivity contribution in [3.8, 4) is 0 Å². The zero-order chi connectivity index (χ0) is 18.0. The summed E-state index contributed by atoms with van der Waals surface area (Å²) in [5.74, 6) is 1.21. The van der Waals surface area contributed by atoms with Crippen LogP contribution in [0.4, 0.5) is 5.82 Å². The van der Waals surface area contributed by atoms with Gasteiger partial charge >= 0.3 is 0 Å². The van der Waals surface area contributed by atoms with Gasteiger partial charge in [-0.1, -0.05) is 24.3 Å². The van der Waals surface area contributed by atoms with E-state index in [0.29, 0.717) is 19.0 Å². The van der Waals surface area contributed by atoms with Gasteiger partial charge in [-0.15, -0.1) is 0 Å². The lowest BCUT2D eigenvalue weighted by Gasteiger charge is -2.25. The number of benzene rings is 1. The van der Waals surface area contributed by atoms with E-state index in [9.17, 15) is 8.42 Å². The summed E-state index contributed by atoms with van der Waals surface area (Å²) in [6.07, 6.45) is 6.90. The summed E-state index contributed by atoms with van der Waals surface area (Å²) in [7, 11) is -3.39. The maximum atomic E-state index is 12.6. The van der Waals surface area contributed by atoms with Crippen molar-refractivity contribution >= 4 is 15.8 Å². The largest absolute Gasteiger partial charge is 0.369 e. The van der Waals surface area contributed by atoms with E-state index in [1.807, 2.05) is 0 Å². The minimum atomic E-state index is -3.39. The average Bonchev–Trinajstić information content (AvgIpc) is 3.22. The Morgan fingerprint density at radius 1 is 1.08 bits per heavy atom. The highest BCUT2D eigenvalue weighted by atomic mass is 32.2. The fourth-order valence-corrected chi connectivity index (χ4v) is 5.47. The Morgan fingerprint density at radius 2 is 1.88 bits per heavy atom. The molecule has 1 fully saturated rings. The van der Waals surface area contributed by atoms with E-state index < -0.39 is 10.0 Å². The number of anilines is 1. The highest BCUT2D eigenvalue weighted by Crippen LogP contribution is 2.31. The lowest BCUT2D eigenvalue weighted by molar-refractivity contribution is 0.477. The first kappa shape index (κ1) is 17.5. The second kappa shape index (κ2) is 7.37. The molecule has 26 heavy (non-hydrogen) atoms. The maximum absolute atomic E-state index is 12.6. The zero-order valence-corrected chi connectivity index (χ0v) is 15.7. The molecular formula is C20H25N3O2S. The molecule has 2 heterocycles. The van der Waals surface area contributed by atoms with Crippen LogP contribution in [-0.2, 0) is 16.4 Å². The minimum Gasteiger partial charge on any atom is -0.369 e. The number of nitrogens with zero attached hydrogens (tertiary/aromatic N) is 2. The molecule has 0 saturated carbocycles. The molecule has 1 aromatic heterocycles. The number of fused-ring (bicyclic) bond motifs is 1. The molecule has 1 saturated heterocycles. The number of hydrogen-bond donors (Lipinski definition) is 1. The Kier molecular flexibility index (Phi) is 4.96. The summed E-state index contributed by atoms with van der Waals surface area (Å²) in [6, 6.07) is 12.1. The number of hydrogen-bond acceptors (Lipinski definition) is 4. The van der Waals surface area contributed by atoms with Gasteiger partial charge in [0, 0.05) is 31.7 Å². The molecule has 6 heteroatoms. The Morgan fingerprint density at radius 3 is 2.65 bits per heavy atom. The lowest BCUT2D eigenvalue weighted by atomic mass is 9.83. The average molecular weight is 372 g/mol. The van der Waals surface area contributed by atoms with E-state index in [1.54, 1.807) is 16.4 Å². The van der Waals surface area contributed by atoms with Crippen LogP contribution in [0.5, 0.6) is 0 Å². The second-order valence-electron chi connectivity index (χ2n) is 7.16. The summed E-state index contributed by atoms with van der Waals surface area (Å²) in [5, 5.41) is 3.38. The number of sulfonamides is 1. The molecule has 2 aliphatic rings. The Labute approximate surface area is 155 Å². The standard InChI is InChI=1S/C20H25N3O2S/c24-26(25,23-12-3-4-13-23)18-10-11-20(22-15-18)21-14-17-8-5-7-16-6-1-2-9-19(16)17/h1-2,6,9-11,15,17H,3-5,7-8,12-14H2,(H,21,22)/t17-/m0/s1. The third-order valence-electron chi connectivity index (χ3n) is 5.46. The van der Waals surface area contributed by atoms with Crippen LogP contribution in [0, 0.1) is 0 Å². The summed E-state index contributed by atoms with van der Waals surface area (Å²) in [6.45, 7) is 2.05. The topological polar surface area (TPSA) is 62.3 Å². The van der Waals surface area contributed by atoms with Crippen molar-refractivity contribution in [1.82, 2.24) is 9.29 Å². The van der Waals surface area contributed by atoms with E-state index in [4.69, 9.17) is 0 Å². The Balaban J connectivity index is 1.42. The van der Waals surface area contributed by atoms with Gasteiger partial charge in [0.25, 0.3) is 0 Å². The number of aromatic nitrogens is 1. The summed E-state index contributed by atoms with van der Waals surface area (Å²) in [5.41, 5.74) is 2.88. The van der Waals surface area contributed by atoms with Gasteiger partial charge in [0.2, 0.25) is 10.0 Å². The molecule has 0 radical (unpaired) electrons. The van der Waals surface area contributed by atoms with Crippen LogP contribution in [-0.4, -0.2) is 37.3 Å². The van der Waals surface area contributed by atoms with Gasteiger partial charge in [-0.25, -0.2) is 13.4 Å². The molecule has 1 aliphatic carbocycles. The molecule has 2 aromatic rings. The molecule has 1 aromatic carbocycles. The molecule has 4 rings (SSSR count). The second-order valence-corrected chi connectivity index (χ2v) is 9.10. The SMILES string of the molecule is O=S(=O)(c1ccc(NC[C@@H]2CCCc3ccccc32)nc1)N1CCCC1. The molecule has 138 valence electrons. The van der Waals surface area contributed by atoms with Gasteiger partial charge < -0.3 is 5.32 Å². The van der Waals surface area contributed by atoms with Crippen molar-refractivity contribution in [3.05, 3.63) is 53.7 Å². The lowest BCUT2D eigenvalue weighted by Crippen LogP contribution is -2.28. The summed E-state index contributed by atoms with van der Waals surface area (Å²) >= 11 is 0. The highest BCUT2D eigenvalue weighted by molar-refractivity contribution is 7.89. The Hall–Kier alpha value is -1.92. The van der Waals surface area contributed by atoms with E-state index in [2.05, 4.69) is 34.6 Å². The van der Waals surface area contributed by atoms with Crippen LogP contribution in [0.1, 0.15) is 42.7 Å². The van der Waals surface area contributed by atoms with Gasteiger partial charge in [-0.3, -0.25) is 0 Å². The van der Waals surface area contributed by atoms with Crippen LogP contribution in [0.3, 0.4) is 0 Å². The van der Waals surface area contributed by atoms with Crippen LogP contribution in [0.2, 0.25) is 0 Å². The van der Waals surface area contributed by atoms with Gasteiger partial charge in [0.05, 0.1) is 0 Å². The first-order chi connectivity index (χ1) is 12.6. The van der Waals surface area contributed by atoms with E-state index in [1.165, 1.54) is 30.2 Å². The first-order valence-corrected chi connectivity index (χ1v) is 10.9. The van der Waals surface area contributed by atoms with Crippen molar-refractivity contribution < 1.29 is 8.42 Å². The quantitative estimate of drug-likeness (QED) is 0.875. The first-order valence-electron chi connectivity index (χ1n) is 9.42. The van der Waals surface area contributed by atoms with E-state index in [0.717, 1.165) is 31.6 Å². The highest BCUT2D eigenvalue weighted by Gasteiger charge is 2.27. The minimum absolute atomic E-state index is 0.285. The molecule has 0 spiro atoms. The van der Waals surface area contributed by atoms with Gasteiger partial charge in [-0.05, 0) is 55.4 Å². The van der Waals surface area contributed by atoms with Gasteiger partial charge in [0.1, 0.15) is 10.7 Å². The monoisotopic (exact) mass is 371 g/mol. The van der Waals surface area contributed by atoms with Crippen LogP contribution in [0.25, 0.3) is 0 Å². The van der Waals surface area contributed by atoms with E-state index in [-0.39, 0.29) is 4.90 Å². The molecule has 0 amide bonds. The third kappa shape index (κ3) is 3.48. The van der Waals surface area contributed by atoms with Crippen LogP contribution >= 0.6 is 0 Å². The molecule has 1 N–H and O–H groups in total. The normalized spacial score (nSPS) is 20.7. The molecular weight excluding hydrogens is 346 g/mol. The maximum Gasteiger partial charge on any atom is 0.244 e. The molecule has 5 nitrogen and oxygen atoms in total. The molecule has 0 unspecified atom stereocenters. The van der Waals surface area contributed by atoms with Crippen molar-refractivity contribution in [1.29, 1.82) is 0 Å². The van der Waals surface area contributed by atoms with Crippen molar-refractivity contribution in [3.63, 3.8) is 0 Å². The number of pyridine rings is 1. The van der Waals surface area contributed by atoms with Crippen LogP contribution in [0.15, 0.2) is 47.5 Å². The van der Waals surface area contributed by atoms with Crippen LogP contribution < -0.4 is 5.32 Å². The van der Waals surface area contributed by atoms with Crippen molar-refractivity contribution in [2.45, 2.75) is 42.9 Å². The Bertz CT molecular complexity index is 859.